The van der Waals surface area contributed by atoms with Crippen LogP contribution in [0.4, 0.5) is 17.1 Å². The van der Waals surface area contributed by atoms with E-state index in [1.807, 2.05) is 23.1 Å². The SMILES string of the molecule is CC1(C)c2ccccc2-c2ccc(N(c3ccc4c(c3)C3(c5ccccc5S4)c4ccccc4-c4ccccc43)c3ccc(-c4cccc5sc6ccccc6c45)c4ccccc34)cc21. The molecule has 11 aromatic rings. The number of benzene rings is 10. The van der Waals surface area contributed by atoms with E-state index in [9.17, 15) is 0 Å². The third-order valence-corrected chi connectivity index (χ3v) is 17.0. The van der Waals surface area contributed by atoms with E-state index in [-0.39, 0.29) is 5.41 Å². The van der Waals surface area contributed by atoms with Gasteiger partial charge in [0.25, 0.3) is 0 Å². The lowest BCUT2D eigenvalue weighted by atomic mass is 9.67. The fraction of sp³-hybridized carbons (Fsp3) is 0.0645. The fourth-order valence-electron chi connectivity index (χ4n) is 12.0. The van der Waals surface area contributed by atoms with Crippen LogP contribution >= 0.6 is 23.1 Å². The largest absolute Gasteiger partial charge is 0.310 e. The topological polar surface area (TPSA) is 3.24 Å². The summed E-state index contributed by atoms with van der Waals surface area (Å²) < 4.78 is 2.64. The molecule has 1 nitrogen and oxygen atoms in total. The molecule has 1 aliphatic heterocycles. The molecule has 14 rings (SSSR count). The molecule has 0 bridgehead atoms. The van der Waals surface area contributed by atoms with Gasteiger partial charge in [-0.1, -0.05) is 183 Å². The third-order valence-electron chi connectivity index (χ3n) is 14.7. The summed E-state index contributed by atoms with van der Waals surface area (Å²) in [5.74, 6) is 0. The summed E-state index contributed by atoms with van der Waals surface area (Å²) in [7, 11) is 0. The summed E-state index contributed by atoms with van der Waals surface area (Å²) in [5, 5.41) is 5.10. The smallest absolute Gasteiger partial charge is 0.0736 e. The fourth-order valence-corrected chi connectivity index (χ4v) is 14.3. The quantitative estimate of drug-likeness (QED) is 0.173. The molecular weight excluding hydrogens is 823 g/mol. The zero-order valence-corrected chi connectivity index (χ0v) is 37.6. The summed E-state index contributed by atoms with van der Waals surface area (Å²) in [6.07, 6.45) is 0. The molecule has 1 aromatic heterocycles. The lowest BCUT2D eigenvalue weighted by Crippen LogP contribution is -2.32. The Morgan fingerprint density at radius 2 is 0.877 bits per heavy atom. The Bertz CT molecular complexity index is 3770. The van der Waals surface area contributed by atoms with Gasteiger partial charge in [-0.2, -0.15) is 0 Å². The second kappa shape index (κ2) is 13.7. The van der Waals surface area contributed by atoms with Crippen molar-refractivity contribution in [3.8, 4) is 33.4 Å². The average Bonchev–Trinajstić information content (AvgIpc) is 3.96. The molecule has 2 aliphatic carbocycles. The molecule has 0 radical (unpaired) electrons. The van der Waals surface area contributed by atoms with Crippen molar-refractivity contribution in [2.24, 2.45) is 0 Å². The maximum Gasteiger partial charge on any atom is 0.0736 e. The van der Waals surface area contributed by atoms with Crippen LogP contribution in [0, 0.1) is 0 Å². The molecule has 306 valence electrons. The minimum absolute atomic E-state index is 0.154. The van der Waals surface area contributed by atoms with Crippen molar-refractivity contribution in [1.29, 1.82) is 0 Å². The highest BCUT2D eigenvalue weighted by molar-refractivity contribution is 7.99. The lowest BCUT2D eigenvalue weighted by molar-refractivity contribution is 0.660. The lowest BCUT2D eigenvalue weighted by Gasteiger charge is -2.40. The number of thiophene rings is 1. The van der Waals surface area contributed by atoms with Crippen LogP contribution in [-0.2, 0) is 10.8 Å². The summed E-state index contributed by atoms with van der Waals surface area (Å²) in [4.78, 5) is 5.16. The Morgan fingerprint density at radius 3 is 1.65 bits per heavy atom. The molecule has 0 atom stereocenters. The molecule has 0 saturated heterocycles. The number of anilines is 3. The molecule has 3 heteroatoms. The summed E-state index contributed by atoms with van der Waals surface area (Å²) in [5.41, 5.74) is 18.7. The molecule has 0 amide bonds. The van der Waals surface area contributed by atoms with Gasteiger partial charge in [-0.25, -0.2) is 0 Å². The van der Waals surface area contributed by atoms with E-state index in [1.165, 1.54) is 107 Å². The normalized spacial score (nSPS) is 14.5. The van der Waals surface area contributed by atoms with Crippen molar-refractivity contribution >= 4 is 71.1 Å². The van der Waals surface area contributed by atoms with Crippen molar-refractivity contribution < 1.29 is 0 Å². The van der Waals surface area contributed by atoms with Gasteiger partial charge in [0.05, 0.1) is 11.1 Å². The van der Waals surface area contributed by atoms with Gasteiger partial charge in [-0.3, -0.25) is 0 Å². The van der Waals surface area contributed by atoms with E-state index >= 15 is 0 Å². The van der Waals surface area contributed by atoms with Crippen molar-refractivity contribution in [2.45, 2.75) is 34.5 Å². The first kappa shape index (κ1) is 37.2. The monoisotopic (exact) mass is 863 g/mol. The molecule has 0 fully saturated rings. The van der Waals surface area contributed by atoms with Crippen molar-refractivity contribution in [1.82, 2.24) is 0 Å². The van der Waals surface area contributed by atoms with Crippen molar-refractivity contribution in [2.75, 3.05) is 4.90 Å². The second-order valence-electron chi connectivity index (χ2n) is 18.3. The maximum atomic E-state index is 2.55. The van der Waals surface area contributed by atoms with Crippen LogP contribution < -0.4 is 4.90 Å². The first-order valence-corrected chi connectivity index (χ1v) is 24.2. The molecule has 0 N–H and O–H groups in total. The summed E-state index contributed by atoms with van der Waals surface area (Å²) in [6.45, 7) is 4.77. The molecule has 65 heavy (non-hydrogen) atoms. The summed E-state index contributed by atoms with van der Waals surface area (Å²) in [6, 6.07) is 80.3. The predicted molar refractivity (Wildman–Crippen MR) is 276 cm³/mol. The molecule has 0 unspecified atom stereocenters. The average molecular weight is 864 g/mol. The molecular formula is C62H41NS2. The Kier molecular flexibility index (Phi) is 7.83. The van der Waals surface area contributed by atoms with E-state index in [4.69, 9.17) is 0 Å². The highest BCUT2D eigenvalue weighted by Crippen LogP contribution is 2.63. The number of hydrogen-bond acceptors (Lipinski definition) is 3. The maximum absolute atomic E-state index is 2.55. The van der Waals surface area contributed by atoms with E-state index in [2.05, 4.69) is 231 Å². The Balaban J connectivity index is 1.05. The van der Waals surface area contributed by atoms with Gasteiger partial charge in [0, 0.05) is 52.1 Å². The highest BCUT2D eigenvalue weighted by atomic mass is 32.2. The van der Waals surface area contributed by atoms with Crippen LogP contribution in [0.3, 0.4) is 0 Å². The van der Waals surface area contributed by atoms with Gasteiger partial charge in [-0.15, -0.1) is 11.3 Å². The van der Waals surface area contributed by atoms with Crippen LogP contribution in [0.5, 0.6) is 0 Å². The molecule has 10 aromatic carbocycles. The number of hydrogen-bond donors (Lipinski definition) is 0. The van der Waals surface area contributed by atoms with Gasteiger partial charge < -0.3 is 4.90 Å². The predicted octanol–water partition coefficient (Wildman–Crippen LogP) is 17.5. The van der Waals surface area contributed by atoms with E-state index in [0.717, 1.165) is 17.1 Å². The highest BCUT2D eigenvalue weighted by Gasteiger charge is 2.50. The first-order chi connectivity index (χ1) is 32.0. The zero-order valence-electron chi connectivity index (χ0n) is 36.0. The summed E-state index contributed by atoms with van der Waals surface area (Å²) >= 11 is 3.78. The van der Waals surface area contributed by atoms with Crippen molar-refractivity contribution in [3.63, 3.8) is 0 Å². The number of nitrogens with zero attached hydrogens (tertiary/aromatic N) is 1. The minimum atomic E-state index is -0.485. The molecule has 3 aliphatic rings. The van der Waals surface area contributed by atoms with Crippen molar-refractivity contribution in [3.05, 3.63) is 246 Å². The van der Waals surface area contributed by atoms with Crippen LogP contribution in [0.2, 0.25) is 0 Å². The Hall–Kier alpha value is -7.17. The van der Waals surface area contributed by atoms with Crippen LogP contribution in [0.15, 0.2) is 222 Å². The van der Waals surface area contributed by atoms with Gasteiger partial charge in [0.15, 0.2) is 0 Å². The Labute approximate surface area is 387 Å². The van der Waals surface area contributed by atoms with Gasteiger partial charge in [0.2, 0.25) is 0 Å². The van der Waals surface area contributed by atoms with Gasteiger partial charge in [-0.05, 0) is 127 Å². The number of rotatable bonds is 4. The van der Waals surface area contributed by atoms with Crippen LogP contribution in [-0.4, -0.2) is 0 Å². The van der Waals surface area contributed by atoms with Gasteiger partial charge >= 0.3 is 0 Å². The molecule has 1 spiro atoms. The third kappa shape index (κ3) is 5.06. The van der Waals surface area contributed by atoms with E-state index in [0.29, 0.717) is 0 Å². The van der Waals surface area contributed by atoms with E-state index < -0.39 is 5.41 Å². The minimum Gasteiger partial charge on any atom is -0.310 e. The number of fused-ring (bicyclic) bond motifs is 16. The van der Waals surface area contributed by atoms with Crippen LogP contribution in [0.1, 0.15) is 47.2 Å². The molecule has 0 saturated carbocycles. The van der Waals surface area contributed by atoms with Gasteiger partial charge in [0.1, 0.15) is 0 Å². The molecule has 2 heterocycles. The zero-order chi connectivity index (χ0) is 43.0. The van der Waals surface area contributed by atoms with E-state index in [1.54, 1.807) is 0 Å². The first-order valence-electron chi connectivity index (χ1n) is 22.6. The Morgan fingerprint density at radius 1 is 0.354 bits per heavy atom. The van der Waals surface area contributed by atoms with Crippen LogP contribution in [0.25, 0.3) is 64.3 Å². The second-order valence-corrected chi connectivity index (χ2v) is 20.5. The standard InChI is InChI=1S/C62H41NS2/c1-61(2)49-23-9-5-17-42(49)45-32-30-38(36-53(45)61)63(55-34-33-41(40-16-3-4-20-46(40)55)47-22-15-29-59-60(47)48-21-8-13-27-56(48)64-59)39-31-35-58-54(37-39)62(52-26-12-14-28-57(52)65-58)50-24-10-6-18-43(50)44-19-7-11-25-51(44)62/h3-37H,1-2H3.